The van der Waals surface area contributed by atoms with E-state index in [1.807, 2.05) is 0 Å². The summed E-state index contributed by atoms with van der Waals surface area (Å²) >= 11 is 17.2. The standard InChI is InChI=1S/C18H18Cl2N2O6S/c1-4-26-14(24)18(9-5-6-10(19)11(20)7-9)12(21-15(29)28-18)13(23)22-16(25)27-8-17(22,2)3/h5-7,12H,4,8H2,1-3H3,(H,21,29)/t12-,18-/m0/s1. The topological polar surface area (TPSA) is 94.2 Å². The molecule has 1 aromatic rings. The number of rotatable bonds is 4. The van der Waals surface area contributed by atoms with Gasteiger partial charge in [0.1, 0.15) is 6.61 Å². The molecule has 2 atom stereocenters. The van der Waals surface area contributed by atoms with Gasteiger partial charge in [0.05, 0.1) is 22.2 Å². The third-order valence-electron chi connectivity index (χ3n) is 4.65. The lowest BCUT2D eigenvalue weighted by Crippen LogP contribution is -2.60. The lowest BCUT2D eigenvalue weighted by Gasteiger charge is -2.34. The first-order chi connectivity index (χ1) is 13.5. The fraction of sp³-hybridized carbons (Fsp3) is 0.444. The summed E-state index contributed by atoms with van der Waals surface area (Å²) < 4.78 is 15.9. The van der Waals surface area contributed by atoms with Crippen LogP contribution in [-0.4, -0.2) is 52.8 Å². The van der Waals surface area contributed by atoms with Crippen molar-refractivity contribution in [1.82, 2.24) is 10.2 Å². The zero-order chi connectivity index (χ0) is 21.6. The molecule has 0 aliphatic carbocycles. The third-order valence-corrected chi connectivity index (χ3v) is 5.59. The highest BCUT2D eigenvalue weighted by atomic mass is 35.5. The summed E-state index contributed by atoms with van der Waals surface area (Å²) in [6, 6.07) is 2.94. The molecule has 29 heavy (non-hydrogen) atoms. The van der Waals surface area contributed by atoms with Gasteiger partial charge >= 0.3 is 12.1 Å². The Bertz CT molecular complexity index is 908. The van der Waals surface area contributed by atoms with Crippen molar-refractivity contribution >= 4 is 58.6 Å². The minimum atomic E-state index is -2.00. The number of carbonyl (C=O) groups excluding carboxylic acids is 3. The molecule has 2 fully saturated rings. The van der Waals surface area contributed by atoms with E-state index < -0.39 is 35.2 Å². The zero-order valence-electron chi connectivity index (χ0n) is 15.8. The molecule has 0 bridgehead atoms. The van der Waals surface area contributed by atoms with Gasteiger partial charge in [0.25, 0.3) is 16.7 Å². The molecule has 1 N–H and O–H groups in total. The summed E-state index contributed by atoms with van der Waals surface area (Å²) in [5, 5.41) is 2.87. The second kappa shape index (κ2) is 7.62. The number of carbonyl (C=O) groups is 3. The molecule has 0 radical (unpaired) electrons. The van der Waals surface area contributed by atoms with E-state index in [-0.39, 0.29) is 34.0 Å². The van der Waals surface area contributed by atoms with Crippen LogP contribution in [-0.2, 0) is 29.4 Å². The number of hydrogen-bond acceptors (Lipinski definition) is 7. The molecule has 0 saturated carbocycles. The normalized spacial score (nSPS) is 25.3. The molecule has 2 saturated heterocycles. The molecule has 3 rings (SSSR count). The Hall–Kier alpha value is -2.10. The van der Waals surface area contributed by atoms with Crippen LogP contribution in [0.5, 0.6) is 0 Å². The number of imide groups is 1. The van der Waals surface area contributed by atoms with Crippen LogP contribution in [0.2, 0.25) is 10.0 Å². The molecule has 8 nitrogen and oxygen atoms in total. The number of ether oxygens (including phenoxy) is 3. The van der Waals surface area contributed by atoms with Crippen LogP contribution in [0.4, 0.5) is 4.79 Å². The van der Waals surface area contributed by atoms with E-state index in [0.29, 0.717) is 0 Å². The molecule has 1 aromatic carbocycles. The summed E-state index contributed by atoms with van der Waals surface area (Å²) in [4.78, 5) is 39.7. The van der Waals surface area contributed by atoms with E-state index in [9.17, 15) is 14.4 Å². The van der Waals surface area contributed by atoms with Crippen molar-refractivity contribution in [1.29, 1.82) is 0 Å². The number of cyclic esters (lactones) is 1. The molecule has 2 heterocycles. The number of nitrogens with zero attached hydrogens (tertiary/aromatic N) is 1. The average Bonchev–Trinajstić information content (AvgIpc) is 3.14. The lowest BCUT2D eigenvalue weighted by atomic mass is 9.85. The van der Waals surface area contributed by atoms with Crippen molar-refractivity contribution in [3.8, 4) is 0 Å². The molecule has 0 spiro atoms. The molecular weight excluding hydrogens is 443 g/mol. The van der Waals surface area contributed by atoms with E-state index >= 15 is 0 Å². The number of thiocarbonyl (C=S) groups is 1. The maximum atomic E-state index is 13.4. The first kappa shape index (κ1) is 21.6. The molecule has 156 valence electrons. The van der Waals surface area contributed by atoms with Crippen LogP contribution in [0.15, 0.2) is 18.2 Å². The first-order valence-electron chi connectivity index (χ1n) is 8.67. The number of nitrogens with one attached hydrogen (secondary N) is 1. The van der Waals surface area contributed by atoms with Crippen LogP contribution < -0.4 is 5.32 Å². The van der Waals surface area contributed by atoms with Crippen LogP contribution in [0.3, 0.4) is 0 Å². The summed E-state index contributed by atoms with van der Waals surface area (Å²) in [6.45, 7) is 4.97. The van der Waals surface area contributed by atoms with Crippen LogP contribution in [0.1, 0.15) is 26.3 Å². The van der Waals surface area contributed by atoms with Gasteiger partial charge < -0.3 is 19.5 Å². The van der Waals surface area contributed by atoms with Crippen molar-refractivity contribution in [2.24, 2.45) is 0 Å². The van der Waals surface area contributed by atoms with Crippen molar-refractivity contribution in [3.05, 3.63) is 33.8 Å². The minimum Gasteiger partial charge on any atom is -0.463 e. The fourth-order valence-electron chi connectivity index (χ4n) is 3.29. The number of benzene rings is 1. The molecule has 2 aliphatic heterocycles. The van der Waals surface area contributed by atoms with Gasteiger partial charge in [-0.25, -0.2) is 14.5 Å². The van der Waals surface area contributed by atoms with Gasteiger partial charge in [0.2, 0.25) is 0 Å². The SMILES string of the molecule is CCOC(=O)[C@@]1(c2ccc(Cl)c(Cl)c2)OC(=S)N[C@H]1C(=O)N1C(=O)OCC1(C)C. The van der Waals surface area contributed by atoms with E-state index in [1.54, 1.807) is 20.8 Å². The number of esters is 1. The van der Waals surface area contributed by atoms with E-state index in [2.05, 4.69) is 5.32 Å². The summed E-state index contributed by atoms with van der Waals surface area (Å²) in [5.41, 5.74) is -2.74. The lowest BCUT2D eigenvalue weighted by molar-refractivity contribution is -0.167. The van der Waals surface area contributed by atoms with Gasteiger partial charge in [0, 0.05) is 5.56 Å². The Morgan fingerprint density at radius 2 is 2.03 bits per heavy atom. The van der Waals surface area contributed by atoms with Gasteiger partial charge in [-0.3, -0.25) is 4.79 Å². The maximum Gasteiger partial charge on any atom is 0.417 e. The molecule has 2 amide bonds. The second-order valence-corrected chi connectivity index (χ2v) is 8.28. The molecule has 2 aliphatic rings. The highest BCUT2D eigenvalue weighted by Crippen LogP contribution is 2.40. The number of halogens is 2. The van der Waals surface area contributed by atoms with E-state index in [0.717, 1.165) is 4.90 Å². The van der Waals surface area contributed by atoms with Gasteiger partial charge in [-0.15, -0.1) is 0 Å². The van der Waals surface area contributed by atoms with Gasteiger partial charge in [0.15, 0.2) is 6.04 Å². The zero-order valence-corrected chi connectivity index (χ0v) is 18.1. The Kier molecular flexibility index (Phi) is 5.68. The smallest absolute Gasteiger partial charge is 0.417 e. The van der Waals surface area contributed by atoms with Gasteiger partial charge in [-0.1, -0.05) is 29.3 Å². The Morgan fingerprint density at radius 1 is 1.34 bits per heavy atom. The van der Waals surface area contributed by atoms with Crippen molar-refractivity contribution in [3.63, 3.8) is 0 Å². The molecular formula is C18H18Cl2N2O6S. The minimum absolute atomic E-state index is 0.00871. The average molecular weight is 461 g/mol. The predicted molar refractivity (Wildman–Crippen MR) is 108 cm³/mol. The third kappa shape index (κ3) is 3.51. The van der Waals surface area contributed by atoms with E-state index in [1.165, 1.54) is 18.2 Å². The van der Waals surface area contributed by atoms with Crippen molar-refractivity contribution in [2.45, 2.75) is 38.0 Å². The highest BCUT2D eigenvalue weighted by Gasteiger charge is 2.63. The Morgan fingerprint density at radius 3 is 2.59 bits per heavy atom. The van der Waals surface area contributed by atoms with Crippen molar-refractivity contribution < 1.29 is 28.6 Å². The number of hydrogen-bond donors (Lipinski definition) is 1. The van der Waals surface area contributed by atoms with Gasteiger partial charge in [-0.2, -0.15) is 0 Å². The van der Waals surface area contributed by atoms with Gasteiger partial charge in [-0.05, 0) is 45.1 Å². The first-order valence-corrected chi connectivity index (χ1v) is 9.84. The second-order valence-electron chi connectivity index (χ2n) is 7.09. The van der Waals surface area contributed by atoms with E-state index in [4.69, 9.17) is 49.6 Å². The molecule has 11 heteroatoms. The molecule has 0 aromatic heterocycles. The largest absolute Gasteiger partial charge is 0.463 e. The van der Waals surface area contributed by atoms with Crippen molar-refractivity contribution in [2.75, 3.05) is 13.2 Å². The Labute approximate surface area is 182 Å². The quantitative estimate of drug-likeness (QED) is 0.541. The maximum absolute atomic E-state index is 13.4. The molecule has 0 unspecified atom stereocenters. The monoisotopic (exact) mass is 460 g/mol. The summed E-state index contributed by atoms with van der Waals surface area (Å²) in [7, 11) is 0. The van der Waals surface area contributed by atoms with Crippen LogP contribution in [0.25, 0.3) is 0 Å². The highest BCUT2D eigenvalue weighted by molar-refractivity contribution is 7.80. The Balaban J connectivity index is 2.16. The number of amides is 2. The van der Waals surface area contributed by atoms with Crippen LogP contribution >= 0.6 is 35.4 Å². The van der Waals surface area contributed by atoms with Crippen LogP contribution in [0, 0.1) is 0 Å². The predicted octanol–water partition coefficient (Wildman–Crippen LogP) is 2.78. The fourth-order valence-corrected chi connectivity index (χ4v) is 3.84. The summed E-state index contributed by atoms with van der Waals surface area (Å²) in [6.07, 6.45) is -0.827. The summed E-state index contributed by atoms with van der Waals surface area (Å²) in [5.74, 6) is -1.62.